The zero-order valence-electron chi connectivity index (χ0n) is 15.7. The Morgan fingerprint density at radius 2 is 1.73 bits per heavy atom. The van der Waals surface area contributed by atoms with E-state index in [2.05, 4.69) is 32.0 Å². The maximum atomic E-state index is 13.4. The molecule has 1 fully saturated rings. The molecule has 0 radical (unpaired) electrons. The molecule has 2 aromatic carbocycles. The number of carbonyl (C=O) groups is 1. The zero-order chi connectivity index (χ0) is 18.3. The van der Waals surface area contributed by atoms with E-state index in [1.807, 2.05) is 30.0 Å². The van der Waals surface area contributed by atoms with Crippen molar-refractivity contribution < 1.29 is 14.3 Å². The lowest BCUT2D eigenvalue weighted by molar-refractivity contribution is -0.134. The third-order valence-corrected chi connectivity index (χ3v) is 5.41. The fraction of sp³-hybridized carbons (Fsp3) is 0.409. The van der Waals surface area contributed by atoms with E-state index in [9.17, 15) is 4.79 Å². The third-order valence-electron chi connectivity index (χ3n) is 5.41. The predicted octanol–water partition coefficient (Wildman–Crippen LogP) is 4.11. The van der Waals surface area contributed by atoms with E-state index in [4.69, 9.17) is 9.47 Å². The van der Waals surface area contributed by atoms with Gasteiger partial charge in [0.1, 0.15) is 0 Å². The fourth-order valence-electron chi connectivity index (χ4n) is 3.89. The van der Waals surface area contributed by atoms with Gasteiger partial charge in [-0.2, -0.15) is 0 Å². The number of hydrogen-bond acceptors (Lipinski definition) is 3. The summed E-state index contributed by atoms with van der Waals surface area (Å²) in [6.07, 6.45) is 1.87. The van der Waals surface area contributed by atoms with Gasteiger partial charge >= 0.3 is 0 Å². The number of nitrogens with zero attached hydrogens (tertiary/aromatic N) is 1. The quantitative estimate of drug-likeness (QED) is 0.814. The monoisotopic (exact) mass is 351 g/mol. The number of carbonyl (C=O) groups excluding carboxylic acids is 1. The van der Waals surface area contributed by atoms with Crippen LogP contribution < -0.4 is 9.47 Å². The van der Waals surface area contributed by atoms with Crippen LogP contribution >= 0.6 is 0 Å². The highest BCUT2D eigenvalue weighted by atomic mass is 16.7. The minimum absolute atomic E-state index is 0.239. The van der Waals surface area contributed by atoms with Gasteiger partial charge in [0.2, 0.25) is 12.7 Å². The maximum Gasteiger partial charge on any atom is 0.233 e. The van der Waals surface area contributed by atoms with Crippen LogP contribution in [-0.4, -0.2) is 24.1 Å². The Labute approximate surface area is 154 Å². The van der Waals surface area contributed by atoms with Crippen molar-refractivity contribution >= 4 is 5.91 Å². The average molecular weight is 351 g/mol. The summed E-state index contributed by atoms with van der Waals surface area (Å²) in [5.74, 6) is 1.78. The summed E-state index contributed by atoms with van der Waals surface area (Å²) in [7, 11) is 0. The normalized spacial score (nSPS) is 16.4. The molecule has 1 aliphatic carbocycles. The Morgan fingerprint density at radius 3 is 2.38 bits per heavy atom. The lowest BCUT2D eigenvalue weighted by atomic mass is 9.91. The number of benzene rings is 2. The molecule has 2 aromatic rings. The molecule has 4 heteroatoms. The molecule has 0 aromatic heterocycles. The predicted molar refractivity (Wildman–Crippen MR) is 100 cm³/mol. The molecule has 0 bridgehead atoms. The molecule has 0 unspecified atom stereocenters. The SMILES string of the molecule is CCN(Cc1ccc2c(c1)OCO2)C(=O)C1(c2cc(C)cc(C)c2)CC1. The smallest absolute Gasteiger partial charge is 0.233 e. The average Bonchev–Trinajstić information content (AvgIpc) is 3.30. The molecule has 4 rings (SSSR count). The van der Waals surface area contributed by atoms with Crippen LogP contribution in [0.4, 0.5) is 0 Å². The van der Waals surface area contributed by atoms with Crippen LogP contribution in [0.15, 0.2) is 36.4 Å². The molecule has 2 aliphatic rings. The fourth-order valence-corrected chi connectivity index (χ4v) is 3.89. The highest BCUT2D eigenvalue weighted by Crippen LogP contribution is 2.50. The maximum absolute atomic E-state index is 13.4. The second-order valence-corrected chi connectivity index (χ2v) is 7.47. The molecule has 0 spiro atoms. The Kier molecular flexibility index (Phi) is 4.14. The molecule has 0 saturated heterocycles. The molecule has 4 nitrogen and oxygen atoms in total. The highest BCUT2D eigenvalue weighted by molar-refractivity contribution is 5.91. The van der Waals surface area contributed by atoms with Crippen LogP contribution in [0.25, 0.3) is 0 Å². The largest absolute Gasteiger partial charge is 0.454 e. The number of hydrogen-bond donors (Lipinski definition) is 0. The van der Waals surface area contributed by atoms with Crippen molar-refractivity contribution in [2.24, 2.45) is 0 Å². The van der Waals surface area contributed by atoms with Gasteiger partial charge < -0.3 is 14.4 Å². The van der Waals surface area contributed by atoms with Crippen LogP contribution in [0.5, 0.6) is 11.5 Å². The first-order valence-corrected chi connectivity index (χ1v) is 9.28. The van der Waals surface area contributed by atoms with Crippen molar-refractivity contribution in [1.82, 2.24) is 4.90 Å². The molecule has 1 heterocycles. The summed E-state index contributed by atoms with van der Waals surface area (Å²) < 4.78 is 10.8. The highest BCUT2D eigenvalue weighted by Gasteiger charge is 2.52. The van der Waals surface area contributed by atoms with Gasteiger partial charge in [-0.1, -0.05) is 35.4 Å². The second-order valence-electron chi connectivity index (χ2n) is 7.47. The van der Waals surface area contributed by atoms with Gasteiger partial charge in [0, 0.05) is 13.1 Å². The minimum atomic E-state index is -0.330. The summed E-state index contributed by atoms with van der Waals surface area (Å²) >= 11 is 0. The van der Waals surface area contributed by atoms with Gasteiger partial charge in [0.15, 0.2) is 11.5 Å². The van der Waals surface area contributed by atoms with Crippen LogP contribution in [0, 0.1) is 13.8 Å². The van der Waals surface area contributed by atoms with Crippen molar-refractivity contribution in [3.8, 4) is 11.5 Å². The molecule has 1 amide bonds. The Morgan fingerprint density at radius 1 is 1.04 bits per heavy atom. The minimum Gasteiger partial charge on any atom is -0.454 e. The van der Waals surface area contributed by atoms with E-state index in [1.54, 1.807) is 0 Å². The van der Waals surface area contributed by atoms with Gasteiger partial charge in [-0.25, -0.2) is 0 Å². The molecule has 136 valence electrons. The Bertz CT molecular complexity index is 834. The van der Waals surface area contributed by atoms with Gasteiger partial charge in [-0.05, 0) is 56.9 Å². The first-order valence-electron chi connectivity index (χ1n) is 9.28. The first-order chi connectivity index (χ1) is 12.5. The number of ether oxygens (including phenoxy) is 2. The number of rotatable bonds is 5. The lowest BCUT2D eigenvalue weighted by Gasteiger charge is -2.27. The van der Waals surface area contributed by atoms with Crippen molar-refractivity contribution in [2.75, 3.05) is 13.3 Å². The van der Waals surface area contributed by atoms with E-state index in [-0.39, 0.29) is 18.1 Å². The van der Waals surface area contributed by atoms with Gasteiger partial charge in [0.25, 0.3) is 0 Å². The molecule has 0 atom stereocenters. The van der Waals surface area contributed by atoms with E-state index in [0.717, 1.165) is 29.9 Å². The van der Waals surface area contributed by atoms with Gasteiger partial charge in [0.05, 0.1) is 5.41 Å². The Balaban J connectivity index is 1.57. The molecule has 1 saturated carbocycles. The van der Waals surface area contributed by atoms with Crippen LogP contribution in [0.3, 0.4) is 0 Å². The van der Waals surface area contributed by atoms with Crippen LogP contribution in [-0.2, 0) is 16.8 Å². The molecule has 26 heavy (non-hydrogen) atoms. The number of amides is 1. The van der Waals surface area contributed by atoms with Crippen molar-refractivity contribution in [1.29, 1.82) is 0 Å². The number of likely N-dealkylation sites (N-methyl/N-ethyl adjacent to an activating group) is 1. The Hall–Kier alpha value is -2.49. The van der Waals surface area contributed by atoms with Crippen LogP contribution in [0.1, 0.15) is 42.0 Å². The summed E-state index contributed by atoms with van der Waals surface area (Å²) in [5.41, 5.74) is 4.35. The van der Waals surface area contributed by atoms with Gasteiger partial charge in [-0.15, -0.1) is 0 Å². The molecular weight excluding hydrogens is 326 g/mol. The first kappa shape index (κ1) is 17.0. The van der Waals surface area contributed by atoms with Crippen molar-refractivity contribution in [3.05, 3.63) is 58.7 Å². The summed E-state index contributed by atoms with van der Waals surface area (Å²) in [4.78, 5) is 15.4. The zero-order valence-corrected chi connectivity index (χ0v) is 15.7. The van der Waals surface area contributed by atoms with Crippen molar-refractivity contribution in [3.63, 3.8) is 0 Å². The van der Waals surface area contributed by atoms with E-state index >= 15 is 0 Å². The number of aryl methyl sites for hydroxylation is 2. The molecule has 1 aliphatic heterocycles. The van der Waals surface area contributed by atoms with Gasteiger partial charge in [-0.3, -0.25) is 4.79 Å². The van der Waals surface area contributed by atoms with Crippen LogP contribution in [0.2, 0.25) is 0 Å². The van der Waals surface area contributed by atoms with E-state index < -0.39 is 0 Å². The molecular formula is C22H25NO3. The topological polar surface area (TPSA) is 38.8 Å². The van der Waals surface area contributed by atoms with Crippen molar-refractivity contribution in [2.45, 2.75) is 45.6 Å². The summed E-state index contributed by atoms with van der Waals surface area (Å²) in [5, 5.41) is 0. The van der Waals surface area contributed by atoms with E-state index in [0.29, 0.717) is 13.1 Å². The summed E-state index contributed by atoms with van der Waals surface area (Å²) in [6.45, 7) is 7.80. The molecule has 0 N–H and O–H groups in total. The lowest BCUT2D eigenvalue weighted by Crippen LogP contribution is -2.38. The second kappa shape index (κ2) is 6.35. The summed E-state index contributed by atoms with van der Waals surface area (Å²) in [6, 6.07) is 12.4. The standard InChI is InChI=1S/C22H25NO3/c1-4-23(13-17-5-6-19-20(12-17)26-14-25-19)21(24)22(7-8-22)18-10-15(2)9-16(3)11-18/h5-6,9-12H,4,7-8,13-14H2,1-3H3. The third kappa shape index (κ3) is 2.94. The number of fused-ring (bicyclic) bond motifs is 1. The van der Waals surface area contributed by atoms with E-state index in [1.165, 1.54) is 16.7 Å².